The number of nitrogens with zero attached hydrogens (tertiary/aromatic N) is 3. The number of rotatable bonds is 2. The van der Waals surface area contributed by atoms with E-state index in [4.69, 9.17) is 11.5 Å². The van der Waals surface area contributed by atoms with Gasteiger partial charge in [0, 0.05) is 20.6 Å². The van der Waals surface area contributed by atoms with E-state index in [0.717, 1.165) is 0 Å². The topological polar surface area (TPSA) is 80.0 Å². The molecule has 0 bridgehead atoms. The van der Waals surface area contributed by atoms with Crippen LogP contribution in [0.2, 0.25) is 0 Å². The monoisotopic (exact) mass is 185 g/mol. The Morgan fingerprint density at radius 1 is 1.31 bits per heavy atom. The minimum atomic E-state index is 0.236. The lowest BCUT2D eigenvalue weighted by Crippen LogP contribution is -2.32. The van der Waals surface area contributed by atoms with Crippen LogP contribution in [0.5, 0.6) is 0 Å². The summed E-state index contributed by atoms with van der Waals surface area (Å²) in [4.78, 5) is 9.62. The second-order valence-electron chi connectivity index (χ2n) is 3.46. The number of hydrogen-bond acceptors (Lipinski definition) is 1. The minimum Gasteiger partial charge on any atom is -0.369 e. The van der Waals surface area contributed by atoms with Crippen molar-refractivity contribution in [1.29, 1.82) is 0 Å². The van der Waals surface area contributed by atoms with Gasteiger partial charge in [-0.25, -0.2) is 0 Å². The van der Waals surface area contributed by atoms with Gasteiger partial charge in [-0.05, 0) is 5.92 Å². The Morgan fingerprint density at radius 2 is 1.85 bits per heavy atom. The first-order chi connectivity index (χ1) is 5.93. The molecule has 0 atom stereocenters. The Kier molecular flexibility index (Phi) is 4.87. The van der Waals surface area contributed by atoms with Crippen molar-refractivity contribution < 1.29 is 0 Å². The van der Waals surface area contributed by atoms with E-state index in [9.17, 15) is 0 Å². The fraction of sp³-hybridized carbons (Fsp3) is 0.750. The van der Waals surface area contributed by atoms with Crippen LogP contribution in [0.25, 0.3) is 0 Å². The molecule has 0 radical (unpaired) electrons. The van der Waals surface area contributed by atoms with Gasteiger partial charge in [-0.15, -0.1) is 0 Å². The summed E-state index contributed by atoms with van der Waals surface area (Å²) in [7, 11) is 3.60. The molecule has 5 heteroatoms. The molecule has 0 aliphatic carbocycles. The molecule has 0 saturated carbocycles. The van der Waals surface area contributed by atoms with Crippen molar-refractivity contribution in [1.82, 2.24) is 4.90 Å². The van der Waals surface area contributed by atoms with Gasteiger partial charge in [0.05, 0.1) is 0 Å². The summed E-state index contributed by atoms with van der Waals surface area (Å²) < 4.78 is 0. The highest BCUT2D eigenvalue weighted by atomic mass is 15.2. The van der Waals surface area contributed by atoms with Gasteiger partial charge in [-0.2, -0.15) is 4.99 Å². The Labute approximate surface area is 79.5 Å². The molecule has 0 heterocycles. The molecule has 0 unspecified atom stereocenters. The average molecular weight is 185 g/mol. The average Bonchev–Trinajstić information content (AvgIpc) is 2.00. The minimum absolute atomic E-state index is 0.236. The predicted molar refractivity (Wildman–Crippen MR) is 56.6 cm³/mol. The quantitative estimate of drug-likeness (QED) is 0.463. The molecule has 5 nitrogen and oxygen atoms in total. The molecular formula is C8H19N5. The van der Waals surface area contributed by atoms with Crippen LogP contribution in [-0.4, -0.2) is 37.5 Å². The van der Waals surface area contributed by atoms with E-state index in [2.05, 4.69) is 23.8 Å². The van der Waals surface area contributed by atoms with Gasteiger partial charge in [0.25, 0.3) is 0 Å². The summed E-state index contributed by atoms with van der Waals surface area (Å²) in [5.74, 6) is 1.08. The highest BCUT2D eigenvalue weighted by Gasteiger charge is 1.96. The largest absolute Gasteiger partial charge is 0.369 e. The molecule has 76 valence electrons. The van der Waals surface area contributed by atoms with E-state index in [1.165, 1.54) is 0 Å². The van der Waals surface area contributed by atoms with Gasteiger partial charge in [-0.1, -0.05) is 13.8 Å². The Balaban J connectivity index is 4.19. The third kappa shape index (κ3) is 5.95. The highest BCUT2D eigenvalue weighted by molar-refractivity contribution is 5.93. The molecule has 0 fully saturated rings. The van der Waals surface area contributed by atoms with Crippen LogP contribution in [-0.2, 0) is 0 Å². The van der Waals surface area contributed by atoms with Crippen molar-refractivity contribution in [2.45, 2.75) is 13.8 Å². The molecule has 0 aliphatic rings. The zero-order valence-electron chi connectivity index (χ0n) is 8.78. The fourth-order valence-electron chi connectivity index (χ4n) is 0.529. The molecule has 0 aromatic rings. The summed E-state index contributed by atoms with van der Waals surface area (Å²) in [6.07, 6.45) is 0. The van der Waals surface area contributed by atoms with Gasteiger partial charge in [-0.3, -0.25) is 4.99 Å². The molecular weight excluding hydrogens is 166 g/mol. The van der Waals surface area contributed by atoms with Crippen LogP contribution in [0, 0.1) is 5.92 Å². The van der Waals surface area contributed by atoms with E-state index in [-0.39, 0.29) is 5.96 Å². The zero-order valence-corrected chi connectivity index (χ0v) is 8.78. The van der Waals surface area contributed by atoms with Crippen molar-refractivity contribution in [3.05, 3.63) is 0 Å². The van der Waals surface area contributed by atoms with E-state index in [1.54, 1.807) is 19.0 Å². The standard InChI is InChI=1S/C8H19N5/c1-6(2)5-11-7(9)12-8(10)13(3)4/h6H,5H2,1-4H3,(H4,9,10,11,12). The Hall–Kier alpha value is -1.26. The van der Waals surface area contributed by atoms with Crippen molar-refractivity contribution in [3.8, 4) is 0 Å². The SMILES string of the molecule is CC(C)CN=C(N)/N=C(\N)N(C)C. The maximum atomic E-state index is 5.54. The molecule has 4 N–H and O–H groups in total. The molecule has 0 saturated heterocycles. The molecule has 0 rings (SSSR count). The second kappa shape index (κ2) is 5.40. The first kappa shape index (κ1) is 11.7. The van der Waals surface area contributed by atoms with Crippen molar-refractivity contribution in [2.75, 3.05) is 20.6 Å². The first-order valence-corrected chi connectivity index (χ1v) is 4.25. The van der Waals surface area contributed by atoms with E-state index >= 15 is 0 Å². The van der Waals surface area contributed by atoms with Crippen LogP contribution in [0.4, 0.5) is 0 Å². The van der Waals surface area contributed by atoms with Crippen LogP contribution >= 0.6 is 0 Å². The predicted octanol–water partition coefficient (Wildman–Crippen LogP) is -0.167. The smallest absolute Gasteiger partial charge is 0.218 e. The van der Waals surface area contributed by atoms with Crippen LogP contribution in [0.15, 0.2) is 9.98 Å². The molecule has 0 aliphatic heterocycles. The number of aliphatic imine (C=N–C) groups is 2. The summed E-state index contributed by atoms with van der Waals surface area (Å²) in [5.41, 5.74) is 11.1. The van der Waals surface area contributed by atoms with E-state index in [0.29, 0.717) is 18.4 Å². The molecule has 0 spiro atoms. The maximum absolute atomic E-state index is 5.54. The van der Waals surface area contributed by atoms with Crippen LogP contribution < -0.4 is 11.5 Å². The molecule has 0 aromatic heterocycles. The summed E-state index contributed by atoms with van der Waals surface area (Å²) >= 11 is 0. The fourth-order valence-corrected chi connectivity index (χ4v) is 0.529. The summed E-state index contributed by atoms with van der Waals surface area (Å²) in [6, 6.07) is 0. The van der Waals surface area contributed by atoms with Gasteiger partial charge in [0.1, 0.15) is 0 Å². The van der Waals surface area contributed by atoms with Gasteiger partial charge in [0.15, 0.2) is 5.96 Å². The Morgan fingerprint density at radius 3 is 2.23 bits per heavy atom. The van der Waals surface area contributed by atoms with Crippen LogP contribution in [0.1, 0.15) is 13.8 Å². The first-order valence-electron chi connectivity index (χ1n) is 4.25. The van der Waals surface area contributed by atoms with Crippen molar-refractivity contribution in [2.24, 2.45) is 27.4 Å². The van der Waals surface area contributed by atoms with Crippen LogP contribution in [0.3, 0.4) is 0 Å². The number of hydrogen-bond donors (Lipinski definition) is 2. The molecule has 0 aromatic carbocycles. The summed E-state index contributed by atoms with van der Waals surface area (Å²) in [6.45, 7) is 4.81. The van der Waals surface area contributed by atoms with E-state index < -0.39 is 0 Å². The van der Waals surface area contributed by atoms with Crippen molar-refractivity contribution in [3.63, 3.8) is 0 Å². The highest BCUT2D eigenvalue weighted by Crippen LogP contribution is 1.91. The number of guanidine groups is 2. The Bertz CT molecular complexity index is 205. The summed E-state index contributed by atoms with van der Waals surface area (Å²) in [5, 5.41) is 0. The molecule has 13 heavy (non-hydrogen) atoms. The third-order valence-corrected chi connectivity index (χ3v) is 1.31. The normalized spacial score (nSPS) is 13.6. The zero-order chi connectivity index (χ0) is 10.4. The number of nitrogens with two attached hydrogens (primary N) is 2. The van der Waals surface area contributed by atoms with Gasteiger partial charge < -0.3 is 16.4 Å². The van der Waals surface area contributed by atoms with E-state index in [1.807, 2.05) is 0 Å². The molecule has 0 amide bonds. The van der Waals surface area contributed by atoms with Gasteiger partial charge in [0.2, 0.25) is 5.96 Å². The lowest BCUT2D eigenvalue weighted by atomic mass is 10.2. The third-order valence-electron chi connectivity index (χ3n) is 1.31. The lowest BCUT2D eigenvalue weighted by molar-refractivity contribution is 0.615. The van der Waals surface area contributed by atoms with Crippen molar-refractivity contribution >= 4 is 11.9 Å². The second-order valence-corrected chi connectivity index (χ2v) is 3.46. The lowest BCUT2D eigenvalue weighted by Gasteiger charge is -2.09. The maximum Gasteiger partial charge on any atom is 0.218 e. The van der Waals surface area contributed by atoms with Gasteiger partial charge >= 0.3 is 0 Å².